The highest BCUT2D eigenvalue weighted by atomic mass is 16.4. The van der Waals surface area contributed by atoms with Crippen LogP contribution in [0.25, 0.3) is 0 Å². The van der Waals surface area contributed by atoms with Crippen LogP contribution in [0.4, 0.5) is 0 Å². The van der Waals surface area contributed by atoms with Crippen molar-refractivity contribution in [3.8, 4) is 0 Å². The number of aliphatic hydroxyl groups excluding tert-OH is 3. The highest BCUT2D eigenvalue weighted by Crippen LogP contribution is 2.76. The van der Waals surface area contributed by atoms with Crippen molar-refractivity contribution < 1.29 is 35.1 Å². The van der Waals surface area contributed by atoms with Crippen molar-refractivity contribution in [3.63, 3.8) is 0 Å². The number of carboxylic acid groups (broad SMARTS) is 2. The minimum atomic E-state index is -1.90. The predicted molar refractivity (Wildman–Crippen MR) is 137 cm³/mol. The normalized spacial score (nSPS) is 55.0. The molecule has 5 aliphatic carbocycles. The van der Waals surface area contributed by atoms with Crippen molar-refractivity contribution in [3.05, 3.63) is 11.6 Å². The summed E-state index contributed by atoms with van der Waals surface area (Å²) in [7, 11) is 0. The predicted octanol–water partition coefficient (Wildman–Crippen LogP) is 4.10. The van der Waals surface area contributed by atoms with Gasteiger partial charge in [0.25, 0.3) is 0 Å². The maximum atomic E-state index is 13.3. The lowest BCUT2D eigenvalue weighted by Crippen LogP contribution is -2.74. The second kappa shape index (κ2) is 8.04. The lowest BCUT2D eigenvalue weighted by atomic mass is 9.35. The number of rotatable bonds is 3. The molecule has 0 bridgehead atoms. The maximum Gasteiger partial charge on any atom is 0.313 e. The summed E-state index contributed by atoms with van der Waals surface area (Å²) in [5.41, 5.74) is -2.82. The molecule has 5 aliphatic rings. The minimum Gasteiger partial charge on any atom is -0.481 e. The van der Waals surface area contributed by atoms with E-state index in [2.05, 4.69) is 40.7 Å². The molecule has 0 saturated heterocycles. The van der Waals surface area contributed by atoms with Crippen molar-refractivity contribution >= 4 is 11.9 Å². The van der Waals surface area contributed by atoms with Gasteiger partial charge in [-0.2, -0.15) is 0 Å². The van der Waals surface area contributed by atoms with Gasteiger partial charge in [-0.1, -0.05) is 46.3 Å². The molecule has 0 amide bonds. The van der Waals surface area contributed by atoms with Gasteiger partial charge in [-0.15, -0.1) is 0 Å². The van der Waals surface area contributed by atoms with Gasteiger partial charge in [0.1, 0.15) is 11.5 Å². The third kappa shape index (κ3) is 2.89. The van der Waals surface area contributed by atoms with Gasteiger partial charge >= 0.3 is 11.9 Å². The Morgan fingerprint density at radius 3 is 2.08 bits per heavy atom. The van der Waals surface area contributed by atoms with E-state index in [9.17, 15) is 35.1 Å². The van der Waals surface area contributed by atoms with Crippen molar-refractivity contribution in [1.82, 2.24) is 0 Å². The van der Waals surface area contributed by atoms with Crippen molar-refractivity contribution in [2.24, 2.45) is 56.7 Å². The van der Waals surface area contributed by atoms with Crippen LogP contribution in [0.2, 0.25) is 0 Å². The fourth-order valence-electron chi connectivity index (χ4n) is 11.3. The molecule has 0 aromatic carbocycles. The first kappa shape index (κ1) is 27.1. The summed E-state index contributed by atoms with van der Waals surface area (Å²) in [6.45, 7) is 13.1. The van der Waals surface area contributed by atoms with Gasteiger partial charge in [0.05, 0.1) is 17.6 Å². The van der Waals surface area contributed by atoms with Crippen LogP contribution in [0.5, 0.6) is 0 Å². The Morgan fingerprint density at radius 2 is 1.51 bits per heavy atom. The first-order valence-corrected chi connectivity index (χ1v) is 14.3. The molecule has 0 radical (unpaired) electrons. The zero-order valence-corrected chi connectivity index (χ0v) is 23.2. The third-order valence-electron chi connectivity index (χ3n) is 13.4. The van der Waals surface area contributed by atoms with Gasteiger partial charge in [0.15, 0.2) is 0 Å². The van der Waals surface area contributed by atoms with Crippen LogP contribution in [0.15, 0.2) is 11.6 Å². The van der Waals surface area contributed by atoms with Crippen LogP contribution < -0.4 is 0 Å². The van der Waals surface area contributed by atoms with E-state index in [0.29, 0.717) is 24.2 Å². The smallest absolute Gasteiger partial charge is 0.313 e. The molecule has 0 aromatic rings. The Bertz CT molecular complexity index is 1040. The lowest BCUT2D eigenvalue weighted by Gasteiger charge is -2.69. The number of allylic oxidation sites excluding steroid dienone is 2. The van der Waals surface area contributed by atoms with E-state index in [1.165, 1.54) is 19.8 Å². The number of hydrogen-bond donors (Lipinski definition) is 5. The van der Waals surface area contributed by atoms with E-state index in [1.807, 2.05) is 0 Å². The molecular formula is C30H46O7. The van der Waals surface area contributed by atoms with E-state index < -0.39 is 52.9 Å². The van der Waals surface area contributed by atoms with Gasteiger partial charge in [0.2, 0.25) is 0 Å². The molecular weight excluding hydrogens is 472 g/mol. The van der Waals surface area contributed by atoms with E-state index >= 15 is 0 Å². The summed E-state index contributed by atoms with van der Waals surface area (Å²) in [5.74, 6) is -2.46. The van der Waals surface area contributed by atoms with Crippen LogP contribution in [0, 0.1) is 56.7 Å². The number of carbonyl (C=O) groups is 2. The SMILES string of the molecule is CC(C)[C@H]1CC[C@@H]2[C@]1(C)CC[C@]1(C)C3=CC[C@H]4[C@](C)(C(=O)O)[C@@H](O)[C@H](O)[C@@H](O)[C@]4(C(=O)O)[C@H]3CC[C@@]21C. The second-order valence-corrected chi connectivity index (χ2v) is 14.5. The van der Waals surface area contributed by atoms with Crippen molar-refractivity contribution in [2.45, 2.75) is 105 Å². The molecule has 5 N–H and O–H groups in total. The average molecular weight is 519 g/mol. The quantitative estimate of drug-likeness (QED) is 0.355. The summed E-state index contributed by atoms with van der Waals surface area (Å²) >= 11 is 0. The van der Waals surface area contributed by atoms with Crippen LogP contribution in [-0.4, -0.2) is 55.8 Å². The monoisotopic (exact) mass is 518 g/mol. The molecule has 7 nitrogen and oxygen atoms in total. The summed E-state index contributed by atoms with van der Waals surface area (Å²) < 4.78 is 0. The molecule has 0 unspecified atom stereocenters. The fourth-order valence-corrected chi connectivity index (χ4v) is 11.3. The van der Waals surface area contributed by atoms with Gasteiger partial charge in [-0.3, -0.25) is 9.59 Å². The molecule has 0 spiro atoms. The molecule has 0 aromatic heterocycles. The molecule has 37 heavy (non-hydrogen) atoms. The van der Waals surface area contributed by atoms with Crippen LogP contribution in [0.3, 0.4) is 0 Å². The number of aliphatic hydroxyl groups is 3. The molecule has 208 valence electrons. The Hall–Kier alpha value is -1.44. The van der Waals surface area contributed by atoms with Crippen LogP contribution in [-0.2, 0) is 9.59 Å². The molecule has 7 heteroatoms. The zero-order chi connectivity index (χ0) is 27.5. The molecule has 12 atom stereocenters. The first-order chi connectivity index (χ1) is 17.1. The number of hydrogen-bond acceptors (Lipinski definition) is 5. The topological polar surface area (TPSA) is 135 Å². The van der Waals surface area contributed by atoms with Gasteiger partial charge in [-0.25, -0.2) is 0 Å². The summed E-state index contributed by atoms with van der Waals surface area (Å²) in [6, 6.07) is 0. The van der Waals surface area contributed by atoms with Crippen LogP contribution >= 0.6 is 0 Å². The Kier molecular flexibility index (Phi) is 5.90. The molecule has 5 rings (SSSR count). The first-order valence-electron chi connectivity index (χ1n) is 14.3. The largest absolute Gasteiger partial charge is 0.481 e. The molecule has 0 heterocycles. The van der Waals surface area contributed by atoms with Crippen molar-refractivity contribution in [2.75, 3.05) is 0 Å². The zero-order valence-electron chi connectivity index (χ0n) is 23.2. The summed E-state index contributed by atoms with van der Waals surface area (Å²) in [4.78, 5) is 25.8. The van der Waals surface area contributed by atoms with E-state index in [0.717, 1.165) is 24.8 Å². The Labute approximate surface area is 220 Å². The van der Waals surface area contributed by atoms with Gasteiger partial charge < -0.3 is 25.5 Å². The van der Waals surface area contributed by atoms with Crippen LogP contribution in [0.1, 0.15) is 86.5 Å². The number of carboxylic acids is 2. The molecule has 4 fully saturated rings. The average Bonchev–Trinajstić information content (AvgIpc) is 3.20. The van der Waals surface area contributed by atoms with Gasteiger partial charge in [-0.05, 0) is 91.8 Å². The van der Waals surface area contributed by atoms with E-state index in [1.54, 1.807) is 0 Å². The minimum absolute atomic E-state index is 0.0354. The third-order valence-corrected chi connectivity index (χ3v) is 13.4. The number of fused-ring (bicyclic) bond motifs is 7. The lowest BCUT2D eigenvalue weighted by molar-refractivity contribution is -0.256. The number of aliphatic carboxylic acids is 2. The summed E-state index contributed by atoms with van der Waals surface area (Å²) in [6.07, 6.45) is 2.54. The maximum absolute atomic E-state index is 13.3. The van der Waals surface area contributed by atoms with Crippen molar-refractivity contribution in [1.29, 1.82) is 0 Å². The highest BCUT2D eigenvalue weighted by Gasteiger charge is 2.76. The highest BCUT2D eigenvalue weighted by molar-refractivity contribution is 5.83. The standard InChI is InChI=1S/C30H46O7/c1-15(2)16-7-9-19-26(16,3)13-14-27(4)17-8-10-20-29(6,24(34)35)22(32)21(31)23(33)30(20,25(36)37)18(17)11-12-28(19,27)5/h8,15-16,18-23,31-33H,7,9-14H2,1-6H3,(H,34,35)(H,36,37)/t16-,18+,19-,20+,21+,22+,23-,26-,27-,28+,29+,30+/m1/s1. The second-order valence-electron chi connectivity index (χ2n) is 14.5. The summed E-state index contributed by atoms with van der Waals surface area (Å²) in [5, 5.41) is 54.2. The molecule has 0 aliphatic heterocycles. The van der Waals surface area contributed by atoms with Gasteiger partial charge in [0, 0.05) is 5.92 Å². The Morgan fingerprint density at radius 1 is 0.865 bits per heavy atom. The molecule has 4 saturated carbocycles. The van der Waals surface area contributed by atoms with E-state index in [4.69, 9.17) is 0 Å². The fraction of sp³-hybridized carbons (Fsp3) is 0.867. The Balaban J connectivity index is 1.66. The van der Waals surface area contributed by atoms with E-state index in [-0.39, 0.29) is 22.7 Å².